The van der Waals surface area contributed by atoms with E-state index in [1.54, 1.807) is 24.3 Å². The summed E-state index contributed by atoms with van der Waals surface area (Å²) in [7, 11) is -3.59. The quantitative estimate of drug-likeness (QED) is 0.673. The highest BCUT2D eigenvalue weighted by Crippen LogP contribution is 2.25. The van der Waals surface area contributed by atoms with Gasteiger partial charge in [-0.1, -0.05) is 54.0 Å². The lowest BCUT2D eigenvalue weighted by atomic mass is 9.98. The van der Waals surface area contributed by atoms with Crippen molar-refractivity contribution in [2.24, 2.45) is 5.92 Å². The second-order valence-corrected chi connectivity index (χ2v) is 10.6. The van der Waals surface area contributed by atoms with Crippen molar-refractivity contribution in [1.82, 2.24) is 9.62 Å². The second-order valence-electron chi connectivity index (χ2n) is 7.77. The van der Waals surface area contributed by atoms with Crippen molar-refractivity contribution < 1.29 is 13.2 Å². The molecule has 3 rings (SSSR count). The second kappa shape index (κ2) is 9.41. The number of piperidine rings is 1. The van der Waals surface area contributed by atoms with Crippen LogP contribution >= 0.6 is 15.9 Å². The summed E-state index contributed by atoms with van der Waals surface area (Å²) in [5.41, 5.74) is 2.30. The Balaban J connectivity index is 1.61. The number of nitrogens with one attached hydrogen (secondary N) is 1. The first kappa shape index (κ1) is 22.0. The largest absolute Gasteiger partial charge is 0.352 e. The topological polar surface area (TPSA) is 66.5 Å². The Morgan fingerprint density at radius 2 is 1.79 bits per heavy atom. The first-order chi connectivity index (χ1) is 13.8. The van der Waals surface area contributed by atoms with E-state index in [0.717, 1.165) is 10.0 Å². The van der Waals surface area contributed by atoms with E-state index >= 15 is 0 Å². The summed E-state index contributed by atoms with van der Waals surface area (Å²) in [5.74, 6) is 0.0529. The zero-order valence-corrected chi connectivity index (χ0v) is 19.2. The van der Waals surface area contributed by atoms with Gasteiger partial charge < -0.3 is 5.32 Å². The van der Waals surface area contributed by atoms with Gasteiger partial charge in [0.2, 0.25) is 15.9 Å². The average molecular weight is 479 g/mol. The molecule has 1 aliphatic rings. The third-order valence-electron chi connectivity index (χ3n) is 5.32. The summed E-state index contributed by atoms with van der Waals surface area (Å²) in [6.07, 6.45) is 1.38. The molecule has 1 atom stereocenters. The normalized spacial score (nSPS) is 18.0. The number of sulfonamides is 1. The van der Waals surface area contributed by atoms with Gasteiger partial charge in [-0.15, -0.1) is 0 Å². The Hall–Kier alpha value is -1.70. The van der Waals surface area contributed by atoms with E-state index in [0.29, 0.717) is 31.8 Å². The lowest BCUT2D eigenvalue weighted by Gasteiger charge is -2.31. The summed E-state index contributed by atoms with van der Waals surface area (Å²) < 4.78 is 28.1. The van der Waals surface area contributed by atoms with E-state index in [1.165, 1.54) is 9.87 Å². The predicted octanol–water partition coefficient (Wildman–Crippen LogP) is 4.29. The fourth-order valence-corrected chi connectivity index (χ4v) is 5.27. The highest BCUT2D eigenvalue weighted by Gasteiger charge is 2.33. The third kappa shape index (κ3) is 5.47. The Kier molecular flexibility index (Phi) is 7.14. The van der Waals surface area contributed by atoms with E-state index in [2.05, 4.69) is 47.2 Å². The molecule has 2 aromatic carbocycles. The van der Waals surface area contributed by atoms with Crippen LogP contribution in [0.5, 0.6) is 0 Å². The number of nitrogens with zero attached hydrogens (tertiary/aromatic N) is 1. The molecule has 1 heterocycles. The van der Waals surface area contributed by atoms with Crippen molar-refractivity contribution >= 4 is 31.9 Å². The monoisotopic (exact) mass is 478 g/mol. The minimum atomic E-state index is -3.59. The maximum atomic E-state index is 12.9. The molecule has 29 heavy (non-hydrogen) atoms. The molecule has 0 aliphatic carbocycles. The van der Waals surface area contributed by atoms with Crippen LogP contribution in [0.4, 0.5) is 0 Å². The van der Waals surface area contributed by atoms with Crippen LogP contribution in [-0.4, -0.2) is 31.7 Å². The molecule has 2 aromatic rings. The van der Waals surface area contributed by atoms with Crippen LogP contribution in [-0.2, 0) is 21.4 Å². The van der Waals surface area contributed by atoms with Crippen LogP contribution < -0.4 is 5.32 Å². The zero-order valence-electron chi connectivity index (χ0n) is 16.8. The maximum Gasteiger partial charge on any atom is 0.243 e. The molecule has 1 amide bonds. The molecule has 1 saturated heterocycles. The standard InChI is InChI=1S/C22H27BrN2O3S/c1-16(2)18-7-5-17(6-8-18)14-24-22(26)19-4-3-13-25(15-19)29(27,28)21-11-9-20(23)10-12-21/h5-12,16,19H,3-4,13-15H2,1-2H3,(H,24,26)/t19-/m1/s1. The highest BCUT2D eigenvalue weighted by molar-refractivity contribution is 9.10. The third-order valence-corrected chi connectivity index (χ3v) is 7.73. The molecule has 1 N–H and O–H groups in total. The van der Waals surface area contributed by atoms with Gasteiger partial charge >= 0.3 is 0 Å². The van der Waals surface area contributed by atoms with Crippen LogP contribution in [0.3, 0.4) is 0 Å². The average Bonchev–Trinajstić information content (AvgIpc) is 2.72. The fourth-order valence-electron chi connectivity index (χ4n) is 3.48. The molecular weight excluding hydrogens is 452 g/mol. The van der Waals surface area contributed by atoms with Crippen LogP contribution in [0, 0.1) is 5.92 Å². The first-order valence-electron chi connectivity index (χ1n) is 9.89. The van der Waals surface area contributed by atoms with Crippen LogP contribution in [0.1, 0.15) is 43.7 Å². The number of benzene rings is 2. The summed E-state index contributed by atoms with van der Waals surface area (Å²) in [5, 5.41) is 2.97. The van der Waals surface area contributed by atoms with Gasteiger partial charge in [-0.05, 0) is 54.2 Å². The number of rotatable bonds is 6. The van der Waals surface area contributed by atoms with Gasteiger partial charge in [0.1, 0.15) is 0 Å². The predicted molar refractivity (Wildman–Crippen MR) is 118 cm³/mol. The van der Waals surface area contributed by atoms with Crippen molar-refractivity contribution in [2.75, 3.05) is 13.1 Å². The fraction of sp³-hybridized carbons (Fsp3) is 0.409. The SMILES string of the molecule is CC(C)c1ccc(CNC(=O)[C@@H]2CCCN(S(=O)(=O)c3ccc(Br)cc3)C2)cc1. The Morgan fingerprint density at radius 3 is 2.41 bits per heavy atom. The van der Waals surface area contributed by atoms with E-state index in [1.807, 2.05) is 12.1 Å². The van der Waals surface area contributed by atoms with Gasteiger partial charge in [-0.2, -0.15) is 4.31 Å². The molecule has 5 nitrogen and oxygen atoms in total. The number of halogens is 1. The van der Waals surface area contributed by atoms with Crippen molar-refractivity contribution in [1.29, 1.82) is 0 Å². The summed E-state index contributed by atoms with van der Waals surface area (Å²) in [4.78, 5) is 12.9. The molecule has 1 fully saturated rings. The van der Waals surface area contributed by atoms with E-state index in [9.17, 15) is 13.2 Å². The highest BCUT2D eigenvalue weighted by atomic mass is 79.9. The van der Waals surface area contributed by atoms with Gasteiger partial charge in [0, 0.05) is 24.1 Å². The van der Waals surface area contributed by atoms with Gasteiger partial charge in [0.15, 0.2) is 0 Å². The van der Waals surface area contributed by atoms with Crippen molar-refractivity contribution in [3.05, 3.63) is 64.1 Å². The van der Waals surface area contributed by atoms with Crippen molar-refractivity contribution in [3.63, 3.8) is 0 Å². The minimum absolute atomic E-state index is 0.0892. The number of amides is 1. The van der Waals surface area contributed by atoms with Crippen LogP contribution in [0.25, 0.3) is 0 Å². The van der Waals surface area contributed by atoms with Gasteiger partial charge in [-0.3, -0.25) is 4.79 Å². The molecule has 0 spiro atoms. The molecule has 156 valence electrons. The lowest BCUT2D eigenvalue weighted by Crippen LogP contribution is -2.45. The van der Waals surface area contributed by atoms with Crippen molar-refractivity contribution in [3.8, 4) is 0 Å². The Bertz CT molecular complexity index is 941. The number of hydrogen-bond donors (Lipinski definition) is 1. The minimum Gasteiger partial charge on any atom is -0.352 e. The molecule has 0 unspecified atom stereocenters. The van der Waals surface area contributed by atoms with Gasteiger partial charge in [0.05, 0.1) is 10.8 Å². The number of carbonyl (C=O) groups excluding carboxylic acids is 1. The molecule has 7 heteroatoms. The smallest absolute Gasteiger partial charge is 0.243 e. The van der Waals surface area contributed by atoms with E-state index < -0.39 is 10.0 Å². The zero-order chi connectivity index (χ0) is 21.0. The van der Waals surface area contributed by atoms with Crippen molar-refractivity contribution in [2.45, 2.75) is 44.0 Å². The number of carbonyl (C=O) groups is 1. The first-order valence-corrected chi connectivity index (χ1v) is 12.1. The molecule has 0 aromatic heterocycles. The van der Waals surface area contributed by atoms with E-state index in [-0.39, 0.29) is 23.3 Å². The van der Waals surface area contributed by atoms with E-state index in [4.69, 9.17) is 0 Å². The van der Waals surface area contributed by atoms with Crippen LogP contribution in [0.15, 0.2) is 57.9 Å². The molecular formula is C22H27BrN2O3S. The Morgan fingerprint density at radius 1 is 1.14 bits per heavy atom. The maximum absolute atomic E-state index is 12.9. The van der Waals surface area contributed by atoms with Gasteiger partial charge in [-0.25, -0.2) is 8.42 Å². The molecule has 1 aliphatic heterocycles. The number of hydrogen-bond acceptors (Lipinski definition) is 3. The lowest BCUT2D eigenvalue weighted by molar-refractivity contribution is -0.126. The van der Waals surface area contributed by atoms with Gasteiger partial charge in [0.25, 0.3) is 0 Å². The molecule has 0 bridgehead atoms. The molecule has 0 radical (unpaired) electrons. The summed E-state index contributed by atoms with van der Waals surface area (Å²) in [6.45, 7) is 5.41. The summed E-state index contributed by atoms with van der Waals surface area (Å²) >= 11 is 3.32. The van der Waals surface area contributed by atoms with Crippen LogP contribution in [0.2, 0.25) is 0 Å². The summed E-state index contributed by atoms with van der Waals surface area (Å²) in [6, 6.07) is 14.8. The Labute approximate surface area is 181 Å². The molecule has 0 saturated carbocycles.